The van der Waals surface area contributed by atoms with Gasteiger partial charge in [-0.1, -0.05) is 6.07 Å². The van der Waals surface area contributed by atoms with E-state index in [0.29, 0.717) is 17.1 Å². The largest absolute Gasteiger partial charge is 0.397 e. The number of nitrogens with one attached hydrogen (secondary N) is 1. The molecule has 1 heterocycles. The van der Waals surface area contributed by atoms with Gasteiger partial charge in [-0.3, -0.25) is 4.79 Å². The zero-order valence-electron chi connectivity index (χ0n) is 9.65. The van der Waals surface area contributed by atoms with Gasteiger partial charge >= 0.3 is 0 Å². The minimum atomic E-state index is -0.230. The number of nitrogens with zero attached hydrogens (tertiary/aromatic N) is 1. The number of benzene rings is 1. The number of nitrogens with two attached hydrogens (primary N) is 1. The maximum atomic E-state index is 11.9. The number of amides is 1. The molecule has 0 atom stereocenters. The molecule has 1 aromatic carbocycles. The molecule has 0 aliphatic rings. The van der Waals surface area contributed by atoms with Crippen LogP contribution < -0.4 is 11.1 Å². The number of hydrogen-bond donors (Lipinski definition) is 2. The average molecular weight is 247 g/mol. The third-order valence-corrected chi connectivity index (χ3v) is 3.08. The molecular formula is C12H13N3OS. The van der Waals surface area contributed by atoms with E-state index in [4.69, 9.17) is 5.73 Å². The third kappa shape index (κ3) is 2.62. The molecule has 0 aliphatic heterocycles. The summed E-state index contributed by atoms with van der Waals surface area (Å²) >= 11 is 1.45. The molecule has 4 nitrogen and oxygen atoms in total. The van der Waals surface area contributed by atoms with Crippen molar-refractivity contribution in [3.05, 3.63) is 39.8 Å². The van der Waals surface area contributed by atoms with Gasteiger partial charge in [0.05, 0.1) is 16.4 Å². The predicted molar refractivity (Wildman–Crippen MR) is 70.4 cm³/mol. The number of aromatic nitrogens is 1. The van der Waals surface area contributed by atoms with Gasteiger partial charge in [-0.15, -0.1) is 11.3 Å². The van der Waals surface area contributed by atoms with Crippen molar-refractivity contribution in [2.45, 2.75) is 13.8 Å². The summed E-state index contributed by atoms with van der Waals surface area (Å²) in [6.07, 6.45) is 0. The normalized spacial score (nSPS) is 10.2. The van der Waals surface area contributed by atoms with Crippen LogP contribution in [0.15, 0.2) is 23.6 Å². The Morgan fingerprint density at radius 2 is 2.18 bits per heavy atom. The van der Waals surface area contributed by atoms with Gasteiger partial charge in [0.25, 0.3) is 5.91 Å². The molecule has 3 N–H and O–H groups in total. The van der Waals surface area contributed by atoms with Crippen LogP contribution in [-0.2, 0) is 0 Å². The minimum absolute atomic E-state index is 0.230. The lowest BCUT2D eigenvalue weighted by Crippen LogP contribution is -2.13. The number of rotatable bonds is 2. The molecular weight excluding hydrogens is 234 g/mol. The van der Waals surface area contributed by atoms with Crippen molar-refractivity contribution >= 4 is 28.6 Å². The van der Waals surface area contributed by atoms with E-state index in [1.807, 2.05) is 26.0 Å². The number of aryl methyl sites for hydroxylation is 2. The SMILES string of the molecule is Cc1ccc(N)c(NC(=O)c2csc(C)n2)c1. The van der Waals surface area contributed by atoms with E-state index in [2.05, 4.69) is 10.3 Å². The zero-order valence-corrected chi connectivity index (χ0v) is 10.5. The average Bonchev–Trinajstić information content (AvgIpc) is 2.70. The highest BCUT2D eigenvalue weighted by Crippen LogP contribution is 2.20. The maximum absolute atomic E-state index is 11.9. The Kier molecular flexibility index (Phi) is 3.10. The van der Waals surface area contributed by atoms with Crippen LogP contribution in [0.1, 0.15) is 21.1 Å². The molecule has 5 heteroatoms. The van der Waals surface area contributed by atoms with Crippen molar-refractivity contribution in [2.75, 3.05) is 11.1 Å². The summed E-state index contributed by atoms with van der Waals surface area (Å²) < 4.78 is 0. The number of nitrogen functional groups attached to an aromatic ring is 1. The van der Waals surface area contributed by atoms with E-state index >= 15 is 0 Å². The standard InChI is InChI=1S/C12H13N3OS/c1-7-3-4-9(13)10(5-7)15-12(16)11-6-17-8(2)14-11/h3-6H,13H2,1-2H3,(H,15,16). The Hall–Kier alpha value is -1.88. The summed E-state index contributed by atoms with van der Waals surface area (Å²) in [5.41, 5.74) is 8.44. The van der Waals surface area contributed by atoms with Gasteiger partial charge in [-0.25, -0.2) is 4.98 Å². The molecule has 17 heavy (non-hydrogen) atoms. The summed E-state index contributed by atoms with van der Waals surface area (Å²) in [6, 6.07) is 5.52. The molecule has 88 valence electrons. The van der Waals surface area contributed by atoms with Gasteiger partial charge in [0, 0.05) is 5.38 Å². The van der Waals surface area contributed by atoms with Crippen LogP contribution in [0.3, 0.4) is 0 Å². The van der Waals surface area contributed by atoms with Gasteiger partial charge in [-0.05, 0) is 31.5 Å². The Morgan fingerprint density at radius 1 is 1.41 bits per heavy atom. The summed E-state index contributed by atoms with van der Waals surface area (Å²) in [4.78, 5) is 16.0. The summed E-state index contributed by atoms with van der Waals surface area (Å²) in [7, 11) is 0. The van der Waals surface area contributed by atoms with Crippen molar-refractivity contribution in [1.29, 1.82) is 0 Å². The molecule has 0 spiro atoms. The van der Waals surface area contributed by atoms with Gasteiger partial charge < -0.3 is 11.1 Å². The number of carbonyl (C=O) groups excluding carboxylic acids is 1. The van der Waals surface area contributed by atoms with E-state index in [1.54, 1.807) is 11.4 Å². The zero-order chi connectivity index (χ0) is 12.4. The lowest BCUT2D eigenvalue weighted by molar-refractivity contribution is 0.102. The van der Waals surface area contributed by atoms with Gasteiger partial charge in [0.1, 0.15) is 5.69 Å². The minimum Gasteiger partial charge on any atom is -0.397 e. The van der Waals surface area contributed by atoms with Crippen LogP contribution >= 0.6 is 11.3 Å². The second-order valence-electron chi connectivity index (χ2n) is 3.80. The maximum Gasteiger partial charge on any atom is 0.275 e. The van der Waals surface area contributed by atoms with E-state index < -0.39 is 0 Å². The first-order chi connectivity index (χ1) is 8.06. The molecule has 0 saturated carbocycles. The molecule has 1 aromatic heterocycles. The number of anilines is 2. The first-order valence-electron chi connectivity index (χ1n) is 5.16. The molecule has 0 saturated heterocycles. The fourth-order valence-corrected chi connectivity index (χ4v) is 2.03. The Morgan fingerprint density at radius 3 is 2.82 bits per heavy atom. The monoisotopic (exact) mass is 247 g/mol. The fraction of sp³-hybridized carbons (Fsp3) is 0.167. The topological polar surface area (TPSA) is 68.0 Å². The first-order valence-corrected chi connectivity index (χ1v) is 6.04. The van der Waals surface area contributed by atoms with Crippen molar-refractivity contribution in [2.24, 2.45) is 0 Å². The summed E-state index contributed by atoms with van der Waals surface area (Å²) in [5.74, 6) is -0.230. The highest BCUT2D eigenvalue weighted by molar-refractivity contribution is 7.09. The van der Waals surface area contributed by atoms with Crippen LogP contribution in [0.4, 0.5) is 11.4 Å². The number of thiazole rings is 1. The second kappa shape index (κ2) is 4.55. The van der Waals surface area contributed by atoms with E-state index in [9.17, 15) is 4.79 Å². The molecule has 0 bridgehead atoms. The molecule has 2 rings (SSSR count). The van der Waals surface area contributed by atoms with Crippen LogP contribution in [0.25, 0.3) is 0 Å². The third-order valence-electron chi connectivity index (χ3n) is 2.31. The van der Waals surface area contributed by atoms with Crippen LogP contribution in [0.5, 0.6) is 0 Å². The highest BCUT2D eigenvalue weighted by atomic mass is 32.1. The number of carbonyl (C=O) groups is 1. The number of hydrogen-bond acceptors (Lipinski definition) is 4. The Balaban J connectivity index is 2.21. The predicted octanol–water partition coefficient (Wildman–Crippen LogP) is 2.59. The van der Waals surface area contributed by atoms with Gasteiger partial charge in [0.2, 0.25) is 0 Å². The summed E-state index contributed by atoms with van der Waals surface area (Å²) in [5, 5.41) is 5.36. The van der Waals surface area contributed by atoms with Gasteiger partial charge in [0.15, 0.2) is 0 Å². The lowest BCUT2D eigenvalue weighted by atomic mass is 10.2. The molecule has 1 amide bonds. The Bertz CT molecular complexity index is 563. The summed E-state index contributed by atoms with van der Waals surface area (Å²) in [6.45, 7) is 3.81. The second-order valence-corrected chi connectivity index (χ2v) is 4.86. The molecule has 2 aromatic rings. The van der Waals surface area contributed by atoms with Crippen LogP contribution in [0, 0.1) is 13.8 Å². The van der Waals surface area contributed by atoms with E-state index in [-0.39, 0.29) is 5.91 Å². The van der Waals surface area contributed by atoms with E-state index in [1.165, 1.54) is 11.3 Å². The fourth-order valence-electron chi connectivity index (χ4n) is 1.43. The van der Waals surface area contributed by atoms with Gasteiger partial charge in [-0.2, -0.15) is 0 Å². The smallest absolute Gasteiger partial charge is 0.275 e. The lowest BCUT2D eigenvalue weighted by Gasteiger charge is -2.07. The van der Waals surface area contributed by atoms with E-state index in [0.717, 1.165) is 10.6 Å². The van der Waals surface area contributed by atoms with Crippen molar-refractivity contribution in [3.63, 3.8) is 0 Å². The van der Waals surface area contributed by atoms with Crippen molar-refractivity contribution < 1.29 is 4.79 Å². The molecule has 0 fully saturated rings. The van der Waals surface area contributed by atoms with Crippen LogP contribution in [0.2, 0.25) is 0 Å². The molecule has 0 radical (unpaired) electrons. The Labute approximate surface area is 103 Å². The van der Waals surface area contributed by atoms with Crippen molar-refractivity contribution in [3.8, 4) is 0 Å². The molecule has 0 unspecified atom stereocenters. The quantitative estimate of drug-likeness (QED) is 0.801. The highest BCUT2D eigenvalue weighted by Gasteiger charge is 2.10. The first kappa shape index (κ1) is 11.6. The van der Waals surface area contributed by atoms with Crippen LogP contribution in [-0.4, -0.2) is 10.9 Å². The molecule has 0 aliphatic carbocycles. The van der Waals surface area contributed by atoms with Crippen molar-refractivity contribution in [1.82, 2.24) is 4.98 Å².